The van der Waals surface area contributed by atoms with E-state index in [-0.39, 0.29) is 0 Å². The maximum absolute atomic E-state index is 10.5. The average Bonchev–Trinajstić information content (AvgIpc) is 2.50. The summed E-state index contributed by atoms with van der Waals surface area (Å²) in [4.78, 5) is 1.33. The summed E-state index contributed by atoms with van der Waals surface area (Å²) in [6.07, 6.45) is 2.14. The first kappa shape index (κ1) is 17.3. The van der Waals surface area contributed by atoms with E-state index in [2.05, 4.69) is 51.6 Å². The second kappa shape index (κ2) is 6.23. The monoisotopic (exact) mass is 302 g/mol. The highest BCUT2D eigenvalue weighted by Gasteiger charge is 2.19. The Labute approximate surface area is 143 Å². The fraction of sp³-hybridized carbons (Fsp3) is 0.143. The van der Waals surface area contributed by atoms with Crippen molar-refractivity contribution in [3.63, 3.8) is 0 Å². The second-order valence-corrected chi connectivity index (χ2v) is 7.06. The van der Waals surface area contributed by atoms with Crippen molar-refractivity contribution in [3.8, 4) is 16.9 Å². The Morgan fingerprint density at radius 1 is 0.864 bits per heavy atom. The predicted molar refractivity (Wildman–Crippen MR) is 119 cm³/mol. The molecular formula is C14H20B6OS. The molecule has 0 aliphatic rings. The van der Waals surface area contributed by atoms with E-state index < -0.39 is 0 Å². The summed E-state index contributed by atoms with van der Waals surface area (Å²) in [6, 6.07) is 2.22. The van der Waals surface area contributed by atoms with Crippen LogP contribution in [0.4, 0.5) is 0 Å². The van der Waals surface area contributed by atoms with Crippen LogP contribution < -0.4 is 32.8 Å². The van der Waals surface area contributed by atoms with Gasteiger partial charge in [0.1, 0.15) is 52.8 Å². The van der Waals surface area contributed by atoms with Crippen molar-refractivity contribution >= 4 is 91.6 Å². The zero-order chi connectivity index (χ0) is 16.8. The summed E-state index contributed by atoms with van der Waals surface area (Å²) >= 11 is 1.80. The van der Waals surface area contributed by atoms with E-state index in [0.717, 1.165) is 22.1 Å². The van der Waals surface area contributed by atoms with E-state index in [1.54, 1.807) is 11.8 Å². The molecular weight excluding hydrogens is 281 g/mol. The van der Waals surface area contributed by atoms with Crippen LogP contribution >= 0.6 is 11.8 Å². The molecule has 106 valence electrons. The van der Waals surface area contributed by atoms with E-state index in [4.69, 9.17) is 0 Å². The van der Waals surface area contributed by atoms with Gasteiger partial charge in [0.05, 0.1) is 0 Å². The van der Waals surface area contributed by atoms with Crippen LogP contribution in [-0.2, 0) is 0 Å². The van der Waals surface area contributed by atoms with Gasteiger partial charge in [0.25, 0.3) is 0 Å². The molecule has 8 heteroatoms. The first-order chi connectivity index (χ1) is 10.2. The molecule has 22 heavy (non-hydrogen) atoms. The van der Waals surface area contributed by atoms with Crippen molar-refractivity contribution in [2.45, 2.75) is 11.8 Å². The Morgan fingerprint density at radius 3 is 1.95 bits per heavy atom. The van der Waals surface area contributed by atoms with Crippen LogP contribution in [0.15, 0.2) is 11.0 Å². The number of rotatable bonds is 2. The van der Waals surface area contributed by atoms with Gasteiger partial charge in [-0.2, -0.15) is 0 Å². The van der Waals surface area contributed by atoms with Gasteiger partial charge >= 0.3 is 0 Å². The molecule has 2 rings (SSSR count). The fourth-order valence-electron chi connectivity index (χ4n) is 3.15. The third-order valence-corrected chi connectivity index (χ3v) is 6.09. The maximum Gasteiger partial charge on any atom is 0.145 e. The van der Waals surface area contributed by atoms with Crippen LogP contribution in [0.25, 0.3) is 11.1 Å². The molecule has 0 aliphatic carbocycles. The van der Waals surface area contributed by atoms with Crippen LogP contribution in [0.1, 0.15) is 5.56 Å². The molecule has 0 amide bonds. The molecule has 0 radical (unpaired) electrons. The van der Waals surface area contributed by atoms with Crippen LogP contribution in [-0.4, -0.2) is 58.4 Å². The van der Waals surface area contributed by atoms with Crippen molar-refractivity contribution in [2.24, 2.45) is 0 Å². The number of thioether (sulfide) groups is 1. The number of hydrogen-bond donors (Lipinski definition) is 1. The second-order valence-electron chi connectivity index (χ2n) is 6.25. The van der Waals surface area contributed by atoms with Gasteiger partial charge in [-0.3, -0.25) is 0 Å². The highest BCUT2D eigenvalue weighted by Crippen LogP contribution is 2.27. The Hall–Kier alpha value is -1.02. The quantitative estimate of drug-likeness (QED) is 0.440. The first-order valence-electron chi connectivity index (χ1n) is 7.66. The largest absolute Gasteiger partial charge is 0.508 e. The zero-order valence-corrected chi connectivity index (χ0v) is 15.7. The molecule has 0 bridgehead atoms. The lowest BCUT2D eigenvalue weighted by molar-refractivity contribution is 0.476. The smallest absolute Gasteiger partial charge is 0.145 e. The van der Waals surface area contributed by atoms with Crippen molar-refractivity contribution in [2.75, 3.05) is 6.26 Å². The minimum atomic E-state index is 0.428. The van der Waals surface area contributed by atoms with E-state index >= 15 is 0 Å². The highest BCUT2D eigenvalue weighted by molar-refractivity contribution is 7.99. The van der Waals surface area contributed by atoms with Gasteiger partial charge in [-0.25, -0.2) is 0 Å². The summed E-state index contributed by atoms with van der Waals surface area (Å²) in [5.41, 5.74) is 10.9. The molecule has 0 saturated heterocycles. The minimum Gasteiger partial charge on any atom is -0.508 e. The first-order valence-corrected chi connectivity index (χ1v) is 8.89. The normalized spacial score (nSPS) is 10.8. The molecule has 0 spiro atoms. The molecule has 0 atom stereocenters. The number of phenols is 1. The Balaban J connectivity index is 2.96. The highest BCUT2D eigenvalue weighted by atomic mass is 32.2. The van der Waals surface area contributed by atoms with Crippen molar-refractivity contribution in [1.29, 1.82) is 0 Å². The number of benzene rings is 2. The summed E-state index contributed by atoms with van der Waals surface area (Å²) < 4.78 is 0. The fourth-order valence-corrected chi connectivity index (χ4v) is 4.07. The molecule has 0 unspecified atom stereocenters. The van der Waals surface area contributed by atoms with E-state index in [1.807, 2.05) is 14.8 Å². The average molecular weight is 301 g/mol. The van der Waals surface area contributed by atoms with Gasteiger partial charge < -0.3 is 5.11 Å². The van der Waals surface area contributed by atoms with Gasteiger partial charge in [-0.15, -0.1) is 22.7 Å². The lowest BCUT2D eigenvalue weighted by Gasteiger charge is -2.23. The summed E-state index contributed by atoms with van der Waals surface area (Å²) in [7, 11) is 12.9. The zero-order valence-electron chi connectivity index (χ0n) is 14.9. The molecule has 0 aromatic heterocycles. The third-order valence-electron chi connectivity index (χ3n) is 5.17. The van der Waals surface area contributed by atoms with Gasteiger partial charge in [0.15, 0.2) is 0 Å². The maximum atomic E-state index is 10.5. The summed E-state index contributed by atoms with van der Waals surface area (Å²) in [5, 5.41) is 10.5. The number of aromatic hydroxyl groups is 1. The van der Waals surface area contributed by atoms with Crippen molar-refractivity contribution in [3.05, 3.63) is 11.6 Å². The Morgan fingerprint density at radius 2 is 1.41 bits per heavy atom. The number of phenolic OH excluding ortho intramolecular Hbond substituents is 1. The van der Waals surface area contributed by atoms with Gasteiger partial charge in [-0.1, -0.05) is 22.5 Å². The Kier molecular flexibility index (Phi) is 4.91. The van der Waals surface area contributed by atoms with Crippen molar-refractivity contribution < 1.29 is 5.11 Å². The molecule has 0 fully saturated rings. The van der Waals surface area contributed by atoms with Gasteiger partial charge in [-0.05, 0) is 35.3 Å². The third kappa shape index (κ3) is 2.56. The van der Waals surface area contributed by atoms with E-state index in [0.29, 0.717) is 5.75 Å². The standard InChI is InChI=1S/C14H20B6OS/c1-4-6(15)3-5(8(16)13(4)21)7-9(17)10(18)11(19)12(20)14(7)22-2/h3,21H,15-20H2,1-2H3. The van der Waals surface area contributed by atoms with Crippen LogP contribution in [0.5, 0.6) is 5.75 Å². The van der Waals surface area contributed by atoms with Crippen molar-refractivity contribution in [1.82, 2.24) is 0 Å². The van der Waals surface area contributed by atoms with Crippen LogP contribution in [0.2, 0.25) is 0 Å². The SMILES string of the molecule is Bc1cc(-c2c(B)c(B)c(B)c(B)c2SC)c(B)c(O)c1C. The van der Waals surface area contributed by atoms with Gasteiger partial charge in [0, 0.05) is 4.90 Å². The van der Waals surface area contributed by atoms with E-state index in [1.165, 1.54) is 32.3 Å². The van der Waals surface area contributed by atoms with E-state index in [9.17, 15) is 5.11 Å². The minimum absolute atomic E-state index is 0.428. The molecule has 2 aromatic carbocycles. The molecule has 0 aliphatic heterocycles. The lowest BCUT2D eigenvalue weighted by Crippen LogP contribution is -2.49. The summed E-state index contributed by atoms with van der Waals surface area (Å²) in [5.74, 6) is 0.428. The van der Waals surface area contributed by atoms with Gasteiger partial charge in [0.2, 0.25) is 0 Å². The molecule has 0 heterocycles. The lowest BCUT2D eigenvalue weighted by atomic mass is 9.63. The summed E-state index contributed by atoms with van der Waals surface area (Å²) in [6.45, 7) is 1.98. The Bertz CT molecular complexity index is 775. The van der Waals surface area contributed by atoms with Crippen LogP contribution in [0, 0.1) is 6.92 Å². The topological polar surface area (TPSA) is 20.2 Å². The molecule has 1 N–H and O–H groups in total. The molecule has 0 saturated carbocycles. The predicted octanol–water partition coefficient (Wildman–Crippen LogP) is -6.36. The van der Waals surface area contributed by atoms with Crippen LogP contribution in [0.3, 0.4) is 0 Å². The number of hydrogen-bond acceptors (Lipinski definition) is 2. The molecule has 2 aromatic rings. The molecule has 1 nitrogen and oxygen atoms in total.